The van der Waals surface area contributed by atoms with E-state index in [1.54, 1.807) is 6.20 Å². The Morgan fingerprint density at radius 2 is 1.85 bits per heavy atom. The number of benzene rings is 1. The molecule has 106 valence electrons. The van der Waals surface area contributed by atoms with Gasteiger partial charge in [-0.15, -0.1) is 0 Å². The molecule has 1 saturated heterocycles. The molecule has 0 amide bonds. The highest BCUT2D eigenvalue weighted by molar-refractivity contribution is 5.71. The average Bonchev–Trinajstić information content (AvgIpc) is 2.93. The average molecular weight is 271 g/mol. The zero-order chi connectivity index (χ0) is 13.8. The van der Waals surface area contributed by atoms with Crippen molar-refractivity contribution >= 4 is 5.88 Å². The lowest BCUT2D eigenvalue weighted by Crippen LogP contribution is -2.31. The van der Waals surface area contributed by atoms with E-state index in [0.29, 0.717) is 5.88 Å². The molecule has 4 nitrogen and oxygen atoms in total. The number of aromatic nitrogens is 1. The molecular formula is C16H21N3O. The monoisotopic (exact) mass is 271 g/mol. The van der Waals surface area contributed by atoms with Crippen LogP contribution in [0, 0.1) is 0 Å². The second-order valence-electron chi connectivity index (χ2n) is 5.45. The molecule has 0 unspecified atom stereocenters. The Balaban J connectivity index is 1.60. The lowest BCUT2D eigenvalue weighted by molar-refractivity contribution is 0.231. The topological polar surface area (TPSA) is 55.3 Å². The summed E-state index contributed by atoms with van der Waals surface area (Å²) in [5, 5.41) is 3.71. The highest BCUT2D eigenvalue weighted by atomic mass is 16.5. The molecule has 2 N–H and O–H groups in total. The van der Waals surface area contributed by atoms with Crippen molar-refractivity contribution in [1.82, 2.24) is 10.1 Å². The third kappa shape index (κ3) is 3.02. The molecular weight excluding hydrogens is 250 g/mol. The fourth-order valence-electron chi connectivity index (χ4n) is 2.79. The van der Waals surface area contributed by atoms with Crippen LogP contribution >= 0.6 is 0 Å². The lowest BCUT2D eigenvalue weighted by Gasteiger charge is -2.26. The van der Waals surface area contributed by atoms with E-state index in [-0.39, 0.29) is 0 Å². The van der Waals surface area contributed by atoms with Crippen molar-refractivity contribution in [1.29, 1.82) is 0 Å². The summed E-state index contributed by atoms with van der Waals surface area (Å²) < 4.78 is 4.90. The van der Waals surface area contributed by atoms with Crippen LogP contribution in [0.15, 0.2) is 35.0 Å². The minimum Gasteiger partial charge on any atom is -0.367 e. The van der Waals surface area contributed by atoms with Crippen LogP contribution in [0.4, 0.5) is 5.88 Å². The molecule has 0 spiro atoms. The van der Waals surface area contributed by atoms with Crippen molar-refractivity contribution < 1.29 is 4.52 Å². The van der Waals surface area contributed by atoms with E-state index < -0.39 is 0 Å². The van der Waals surface area contributed by atoms with Gasteiger partial charge >= 0.3 is 0 Å². The standard InChI is InChI=1S/C16H21N3O/c17-16-15(12-18-20-16)14-6-4-13(5-7-14)8-11-19-9-2-1-3-10-19/h4-7,12H,1-3,8-11,17H2. The number of rotatable bonds is 4. The molecule has 1 aliphatic rings. The molecule has 0 atom stereocenters. The summed E-state index contributed by atoms with van der Waals surface area (Å²) in [6.07, 6.45) is 6.88. The molecule has 0 saturated carbocycles. The van der Waals surface area contributed by atoms with Crippen molar-refractivity contribution in [3.63, 3.8) is 0 Å². The number of hydrogen-bond donors (Lipinski definition) is 1. The van der Waals surface area contributed by atoms with Gasteiger partial charge in [-0.2, -0.15) is 0 Å². The van der Waals surface area contributed by atoms with E-state index >= 15 is 0 Å². The first kappa shape index (κ1) is 13.2. The predicted molar refractivity (Wildman–Crippen MR) is 80.3 cm³/mol. The lowest BCUT2D eigenvalue weighted by atomic mass is 10.0. The maximum absolute atomic E-state index is 5.73. The van der Waals surface area contributed by atoms with E-state index in [0.717, 1.165) is 24.1 Å². The van der Waals surface area contributed by atoms with E-state index in [4.69, 9.17) is 10.3 Å². The Kier molecular flexibility index (Phi) is 4.02. The summed E-state index contributed by atoms with van der Waals surface area (Å²) in [4.78, 5) is 2.56. The largest absolute Gasteiger partial charge is 0.367 e. The maximum atomic E-state index is 5.73. The van der Waals surface area contributed by atoms with Gasteiger partial charge < -0.3 is 15.2 Å². The molecule has 3 rings (SSSR count). The molecule has 1 aliphatic heterocycles. The summed E-state index contributed by atoms with van der Waals surface area (Å²) in [7, 11) is 0. The Morgan fingerprint density at radius 3 is 2.50 bits per heavy atom. The second-order valence-corrected chi connectivity index (χ2v) is 5.45. The first-order valence-corrected chi connectivity index (χ1v) is 7.35. The van der Waals surface area contributed by atoms with Gasteiger partial charge in [-0.05, 0) is 43.5 Å². The molecule has 2 heterocycles. The number of piperidine rings is 1. The molecule has 1 aromatic heterocycles. The van der Waals surface area contributed by atoms with Gasteiger partial charge in [0, 0.05) is 6.54 Å². The summed E-state index contributed by atoms with van der Waals surface area (Å²) in [6.45, 7) is 3.68. The van der Waals surface area contributed by atoms with Crippen molar-refractivity contribution in [2.75, 3.05) is 25.4 Å². The first-order chi connectivity index (χ1) is 9.83. The fourth-order valence-corrected chi connectivity index (χ4v) is 2.79. The van der Waals surface area contributed by atoms with Gasteiger partial charge in [-0.3, -0.25) is 0 Å². The van der Waals surface area contributed by atoms with Crippen LogP contribution < -0.4 is 5.73 Å². The minimum atomic E-state index is 0.381. The third-order valence-electron chi connectivity index (χ3n) is 4.03. The SMILES string of the molecule is Nc1oncc1-c1ccc(CCN2CCCCC2)cc1. The number of hydrogen-bond acceptors (Lipinski definition) is 4. The van der Waals surface area contributed by atoms with Crippen molar-refractivity contribution in [3.05, 3.63) is 36.0 Å². The summed E-state index contributed by atoms with van der Waals surface area (Å²) in [5.41, 5.74) is 9.03. The summed E-state index contributed by atoms with van der Waals surface area (Å²) >= 11 is 0. The van der Waals surface area contributed by atoms with Crippen molar-refractivity contribution in [2.24, 2.45) is 0 Å². The van der Waals surface area contributed by atoms with Crippen molar-refractivity contribution in [3.8, 4) is 11.1 Å². The van der Waals surface area contributed by atoms with Crippen LogP contribution in [-0.2, 0) is 6.42 Å². The van der Waals surface area contributed by atoms with Crippen LogP contribution in [0.3, 0.4) is 0 Å². The molecule has 2 aromatic rings. The normalized spacial score (nSPS) is 16.4. The first-order valence-electron chi connectivity index (χ1n) is 7.35. The Bertz CT molecular complexity index is 541. The fraction of sp³-hybridized carbons (Fsp3) is 0.438. The van der Waals surface area contributed by atoms with E-state index in [2.05, 4.69) is 34.3 Å². The zero-order valence-electron chi connectivity index (χ0n) is 11.7. The Morgan fingerprint density at radius 1 is 1.10 bits per heavy atom. The van der Waals surface area contributed by atoms with Gasteiger partial charge in [0.1, 0.15) is 0 Å². The third-order valence-corrected chi connectivity index (χ3v) is 4.03. The number of nitrogens with zero attached hydrogens (tertiary/aromatic N) is 2. The summed E-state index contributed by atoms with van der Waals surface area (Å²) in [6, 6.07) is 8.53. The van der Waals surface area contributed by atoms with Crippen molar-refractivity contribution in [2.45, 2.75) is 25.7 Å². The van der Waals surface area contributed by atoms with E-state index in [1.165, 1.54) is 37.9 Å². The second kappa shape index (κ2) is 6.09. The van der Waals surface area contributed by atoms with E-state index in [1.807, 2.05) is 0 Å². The molecule has 4 heteroatoms. The Hall–Kier alpha value is -1.81. The maximum Gasteiger partial charge on any atom is 0.229 e. The number of nitrogen functional groups attached to an aromatic ring is 1. The van der Waals surface area contributed by atoms with Gasteiger partial charge in [0.15, 0.2) is 0 Å². The van der Waals surface area contributed by atoms with Gasteiger partial charge in [-0.1, -0.05) is 35.8 Å². The van der Waals surface area contributed by atoms with Crippen LogP contribution in [0.1, 0.15) is 24.8 Å². The van der Waals surface area contributed by atoms with Crippen LogP contribution in [0.2, 0.25) is 0 Å². The Labute approximate surface area is 119 Å². The minimum absolute atomic E-state index is 0.381. The molecule has 0 bridgehead atoms. The molecule has 1 aromatic carbocycles. The summed E-state index contributed by atoms with van der Waals surface area (Å²) in [5.74, 6) is 0.381. The quantitative estimate of drug-likeness (QED) is 0.929. The molecule has 0 aliphatic carbocycles. The highest BCUT2D eigenvalue weighted by Gasteiger charge is 2.10. The van der Waals surface area contributed by atoms with Gasteiger partial charge in [0.05, 0.1) is 11.8 Å². The smallest absolute Gasteiger partial charge is 0.229 e. The highest BCUT2D eigenvalue weighted by Crippen LogP contribution is 2.25. The van der Waals surface area contributed by atoms with Gasteiger partial charge in [0.25, 0.3) is 0 Å². The predicted octanol–water partition coefficient (Wildman–Crippen LogP) is 2.95. The van der Waals surface area contributed by atoms with Crippen LogP contribution in [0.25, 0.3) is 11.1 Å². The van der Waals surface area contributed by atoms with E-state index in [9.17, 15) is 0 Å². The van der Waals surface area contributed by atoms with Gasteiger partial charge in [-0.25, -0.2) is 0 Å². The van der Waals surface area contributed by atoms with Crippen LogP contribution in [-0.4, -0.2) is 29.7 Å². The number of nitrogens with two attached hydrogens (primary N) is 1. The zero-order valence-corrected chi connectivity index (χ0v) is 11.7. The molecule has 20 heavy (non-hydrogen) atoms. The molecule has 1 fully saturated rings. The number of anilines is 1. The van der Waals surface area contributed by atoms with Crippen LogP contribution in [0.5, 0.6) is 0 Å². The molecule has 0 radical (unpaired) electrons. The number of likely N-dealkylation sites (tertiary alicyclic amines) is 1. The van der Waals surface area contributed by atoms with Gasteiger partial charge in [0.2, 0.25) is 5.88 Å².